The van der Waals surface area contributed by atoms with Gasteiger partial charge in [-0.25, -0.2) is 19.6 Å². The molecule has 16 heteroatoms. The number of methoxy groups -OCH3 is 2. The molecule has 0 bridgehead atoms. The zero-order valence-electron chi connectivity index (χ0n) is 39.1. The fourth-order valence-electron chi connectivity index (χ4n) is 9.56. The molecule has 5 atom stereocenters. The number of ketones is 1. The number of aromatic amines is 2. The second-order valence-electron chi connectivity index (χ2n) is 19.5. The number of hydrogen-bond donors (Lipinski definition) is 4. The Morgan fingerprint density at radius 1 is 0.738 bits per heavy atom. The Bertz CT molecular complexity index is 2540. The number of rotatable bonds is 15. The Morgan fingerprint density at radius 2 is 1.32 bits per heavy atom. The largest absolute Gasteiger partial charge is 0.453 e. The molecule has 0 aliphatic carbocycles. The molecule has 7 rings (SSSR count). The van der Waals surface area contributed by atoms with Crippen LogP contribution in [0.15, 0.2) is 60.8 Å². The van der Waals surface area contributed by atoms with Crippen molar-refractivity contribution >= 4 is 59.7 Å². The molecule has 346 valence electrons. The smallest absolute Gasteiger partial charge is 0.407 e. The van der Waals surface area contributed by atoms with Gasteiger partial charge in [0, 0.05) is 38.9 Å². The van der Waals surface area contributed by atoms with Gasteiger partial charge in [-0.15, -0.1) is 0 Å². The fraction of sp³-hybridized carbons (Fsp3) is 0.490. The first-order valence-corrected chi connectivity index (χ1v) is 26.6. The van der Waals surface area contributed by atoms with Gasteiger partial charge in [0.25, 0.3) is 0 Å². The number of alkyl carbamates (subject to hydrolysis) is 2. The molecule has 5 aromatic rings. The van der Waals surface area contributed by atoms with Gasteiger partial charge in [0.15, 0.2) is 5.78 Å². The van der Waals surface area contributed by atoms with Gasteiger partial charge >= 0.3 is 12.2 Å². The average molecular weight is 905 g/mol. The number of nitrogens with zero attached hydrogens (tertiary/aromatic N) is 4. The maximum absolute atomic E-state index is 14.5. The molecule has 65 heavy (non-hydrogen) atoms. The zero-order chi connectivity index (χ0) is 46.7. The van der Waals surface area contributed by atoms with Crippen LogP contribution in [0.3, 0.4) is 0 Å². The third kappa shape index (κ3) is 10.4. The Labute approximate surface area is 381 Å². The van der Waals surface area contributed by atoms with Crippen LogP contribution in [0.5, 0.6) is 0 Å². The van der Waals surface area contributed by atoms with E-state index in [2.05, 4.69) is 88.8 Å². The van der Waals surface area contributed by atoms with Gasteiger partial charge in [-0.3, -0.25) is 14.4 Å². The van der Waals surface area contributed by atoms with E-state index in [-0.39, 0.29) is 47.9 Å². The van der Waals surface area contributed by atoms with Crippen molar-refractivity contribution in [1.29, 1.82) is 0 Å². The highest BCUT2D eigenvalue weighted by Crippen LogP contribution is 2.38. The lowest BCUT2D eigenvalue weighted by molar-refractivity contribution is -0.139. The van der Waals surface area contributed by atoms with E-state index >= 15 is 0 Å². The lowest BCUT2D eigenvalue weighted by atomic mass is 9.92. The van der Waals surface area contributed by atoms with Gasteiger partial charge < -0.3 is 39.9 Å². The van der Waals surface area contributed by atoms with Gasteiger partial charge in [-0.1, -0.05) is 89.8 Å². The highest BCUT2D eigenvalue weighted by Gasteiger charge is 2.40. The first-order chi connectivity index (χ1) is 31.0. The molecule has 0 spiro atoms. The van der Waals surface area contributed by atoms with Crippen molar-refractivity contribution in [2.75, 3.05) is 27.3 Å². The molecule has 2 saturated heterocycles. The van der Waals surface area contributed by atoms with E-state index in [4.69, 9.17) is 19.4 Å². The van der Waals surface area contributed by atoms with Gasteiger partial charge in [0.05, 0.1) is 55.3 Å². The maximum Gasteiger partial charge on any atom is 0.407 e. The van der Waals surface area contributed by atoms with Gasteiger partial charge in [-0.05, 0) is 77.8 Å². The van der Waals surface area contributed by atoms with Crippen LogP contribution in [0.25, 0.3) is 44.2 Å². The minimum absolute atomic E-state index is 0.0311. The number of hydrogen-bond acceptors (Lipinski definition) is 9. The molecule has 0 saturated carbocycles. The average Bonchev–Trinajstić information content (AvgIpc) is 4.12. The first-order valence-electron chi connectivity index (χ1n) is 22.9. The highest BCUT2D eigenvalue weighted by atomic mass is 28.3. The number of likely N-dealkylation sites (tertiary alicyclic amines) is 2. The summed E-state index contributed by atoms with van der Waals surface area (Å²) in [7, 11) is 0.775. The Hall–Kier alpha value is -6.03. The molecule has 4 amide bonds. The molecule has 4 N–H and O–H groups in total. The minimum atomic E-state index is -1.79. The van der Waals surface area contributed by atoms with Crippen molar-refractivity contribution in [3.63, 3.8) is 0 Å². The molecule has 2 aliphatic heterocycles. The fourth-order valence-corrected chi connectivity index (χ4v) is 11.4. The van der Waals surface area contributed by atoms with E-state index in [1.807, 2.05) is 43.6 Å². The van der Waals surface area contributed by atoms with E-state index in [1.54, 1.807) is 6.20 Å². The lowest BCUT2D eigenvalue weighted by Crippen LogP contribution is -2.51. The second kappa shape index (κ2) is 19.6. The predicted octanol–water partition coefficient (Wildman–Crippen LogP) is 8.78. The predicted molar refractivity (Wildman–Crippen MR) is 254 cm³/mol. The van der Waals surface area contributed by atoms with Crippen molar-refractivity contribution in [3.8, 4) is 22.4 Å². The number of amides is 4. The summed E-state index contributed by atoms with van der Waals surface area (Å²) in [6.45, 7) is 15.4. The molecule has 0 unspecified atom stereocenters. The number of Topliss-reactive ketones (excluding diaryl/α,β-unsaturated/α-hetero) is 1. The SMILES string of the molecule is COC(=O)N[C@H](C(=O)N1CCC[C@H]1c1ncc(-c2ccc(-c3ccc4c(ccc5[nH]c([C@@H]6CCCN6C(=O)[C@@H](CC(=O)[C@H](NC(=O)OC)C(C)C)C[Si](C)(C)C)nc54)c3)cc2)[nH]1)C(C)C. The summed E-state index contributed by atoms with van der Waals surface area (Å²) in [4.78, 5) is 86.5. The molecular formula is C49H64N8O7Si. The standard InChI is InChI=1S/C49H64N8O7Si/c1-28(2)41(54-48(61)63-5)40(58)25-34(27-65(7,8)9)46(59)56-22-11-13-39(56)45-51-36-21-19-33-24-32(18-20-35(33)43(36)53-45)30-14-16-31(17-15-30)37-26-50-44(52-37)38-12-10-23-57(38)47(60)42(29(3)4)55-49(62)64-6/h14-21,24,26,28-29,34,38-39,41-42H,10-13,22-23,25,27H2,1-9H3,(H,50,52)(H,51,53)(H,54,61)(H,55,62)/t34-,38-,39-,41+,42-/m0/s1. The number of H-pyrrole nitrogens is 2. The number of nitrogens with one attached hydrogen (secondary N) is 4. The molecule has 4 heterocycles. The molecular weight excluding hydrogens is 841 g/mol. The lowest BCUT2D eigenvalue weighted by Gasteiger charge is -2.31. The van der Waals surface area contributed by atoms with Crippen LogP contribution < -0.4 is 10.6 Å². The van der Waals surface area contributed by atoms with E-state index < -0.39 is 38.3 Å². The molecule has 3 aromatic carbocycles. The van der Waals surface area contributed by atoms with Crippen molar-refractivity contribution in [1.82, 2.24) is 40.4 Å². The van der Waals surface area contributed by atoms with Crippen LogP contribution >= 0.6 is 0 Å². The Kier molecular flexibility index (Phi) is 14.2. The van der Waals surface area contributed by atoms with E-state index in [1.165, 1.54) is 14.2 Å². The van der Waals surface area contributed by atoms with Crippen molar-refractivity contribution in [2.24, 2.45) is 17.8 Å². The summed E-state index contributed by atoms with van der Waals surface area (Å²) < 4.78 is 9.57. The van der Waals surface area contributed by atoms with Crippen LogP contribution in [0.1, 0.15) is 83.5 Å². The molecule has 0 radical (unpaired) electrons. The summed E-state index contributed by atoms with van der Waals surface area (Å²) in [5.41, 5.74) is 5.67. The highest BCUT2D eigenvalue weighted by molar-refractivity contribution is 6.76. The number of benzene rings is 3. The van der Waals surface area contributed by atoms with Crippen molar-refractivity contribution < 1.29 is 33.4 Å². The summed E-state index contributed by atoms with van der Waals surface area (Å²) >= 11 is 0. The summed E-state index contributed by atoms with van der Waals surface area (Å²) in [5.74, 6) is 0.354. The van der Waals surface area contributed by atoms with Crippen molar-refractivity contribution in [2.45, 2.75) is 110 Å². The number of imidazole rings is 2. The molecule has 15 nitrogen and oxygen atoms in total. The quantitative estimate of drug-likeness (QED) is 0.0744. The van der Waals surface area contributed by atoms with Gasteiger partial charge in [0.2, 0.25) is 11.8 Å². The van der Waals surface area contributed by atoms with Gasteiger partial charge in [-0.2, -0.15) is 0 Å². The summed E-state index contributed by atoms with van der Waals surface area (Å²) in [6.07, 6.45) is 3.79. The van der Waals surface area contributed by atoms with Crippen LogP contribution in [-0.2, 0) is 23.9 Å². The third-order valence-corrected chi connectivity index (χ3v) is 14.6. The van der Waals surface area contributed by atoms with Crippen LogP contribution in [0.2, 0.25) is 25.7 Å². The molecule has 2 aliphatic rings. The molecule has 2 fully saturated rings. The second-order valence-corrected chi connectivity index (χ2v) is 25.0. The number of carbonyl (C=O) groups excluding carboxylic acids is 5. The number of aromatic nitrogens is 4. The van der Waals surface area contributed by atoms with E-state index in [0.29, 0.717) is 19.1 Å². The number of ether oxygens (including phenoxy) is 2. The zero-order valence-corrected chi connectivity index (χ0v) is 40.1. The van der Waals surface area contributed by atoms with Crippen LogP contribution in [0, 0.1) is 17.8 Å². The molecule has 2 aromatic heterocycles. The minimum Gasteiger partial charge on any atom is -0.453 e. The van der Waals surface area contributed by atoms with Crippen LogP contribution in [-0.4, -0.2) is 107 Å². The van der Waals surface area contributed by atoms with Gasteiger partial charge in [0.1, 0.15) is 17.7 Å². The normalized spacial score (nSPS) is 18.0. The number of carbonyl (C=O) groups is 5. The van der Waals surface area contributed by atoms with Crippen LogP contribution in [0.4, 0.5) is 9.59 Å². The monoisotopic (exact) mass is 904 g/mol. The van der Waals surface area contributed by atoms with E-state index in [9.17, 15) is 24.0 Å². The van der Waals surface area contributed by atoms with E-state index in [0.717, 1.165) is 81.5 Å². The Morgan fingerprint density at radius 3 is 1.94 bits per heavy atom. The third-order valence-electron chi connectivity index (χ3n) is 12.8. The first kappa shape index (κ1) is 46.9. The summed E-state index contributed by atoms with van der Waals surface area (Å²) in [5, 5.41) is 7.44. The summed E-state index contributed by atoms with van der Waals surface area (Å²) in [6, 6.07) is 17.6. The topological polar surface area (TPSA) is 192 Å². The Balaban J connectivity index is 1.07. The number of fused-ring (bicyclic) bond motifs is 3. The maximum atomic E-state index is 14.5. The van der Waals surface area contributed by atoms with Crippen molar-refractivity contribution in [3.05, 3.63) is 72.4 Å².